The Morgan fingerprint density at radius 2 is 1.17 bits per heavy atom. The van der Waals surface area contributed by atoms with Crippen LogP contribution in [0.4, 0.5) is 22.7 Å². The van der Waals surface area contributed by atoms with Gasteiger partial charge in [0.1, 0.15) is 11.4 Å². The summed E-state index contributed by atoms with van der Waals surface area (Å²) < 4.78 is 25.7. The molecule has 0 spiro atoms. The molecule has 12 nitrogen and oxygen atoms in total. The van der Waals surface area contributed by atoms with E-state index in [9.17, 15) is 28.6 Å². The first kappa shape index (κ1) is 22.0. The smallest absolute Gasteiger partial charge is 0.293 e. The second-order valence-electron chi connectivity index (χ2n) is 5.68. The molecule has 0 aromatic heterocycles. The summed E-state index contributed by atoms with van der Waals surface area (Å²) in [4.78, 5) is 20.2. The van der Waals surface area contributed by atoms with Crippen molar-refractivity contribution < 1.29 is 28.5 Å². The van der Waals surface area contributed by atoms with Gasteiger partial charge in [0, 0.05) is 25.2 Å². The summed E-state index contributed by atoms with van der Waals surface area (Å²) in [6.07, 6.45) is 0. The number of nitrogens with one attached hydrogen (secondary N) is 2. The Hall–Kier alpha value is -3.29. The number of rotatable bonds is 10. The average molecular weight is 426 g/mol. The van der Waals surface area contributed by atoms with Crippen molar-refractivity contribution in [2.24, 2.45) is 0 Å². The minimum absolute atomic E-state index is 0.0255. The third kappa shape index (κ3) is 4.96. The lowest BCUT2D eigenvalue weighted by Gasteiger charge is -2.10. The lowest BCUT2D eigenvalue weighted by Crippen LogP contribution is -2.10. The highest BCUT2D eigenvalue weighted by atomic mass is 32.2. The molecule has 0 heterocycles. The predicted octanol–water partition coefficient (Wildman–Crippen LogP) is 1.14. The second kappa shape index (κ2) is 9.27. The number of hydrogen-bond donors (Lipinski definition) is 4. The minimum Gasteiger partial charge on any atom is -0.395 e. The van der Waals surface area contributed by atoms with E-state index < -0.39 is 40.8 Å². The first-order valence-electron chi connectivity index (χ1n) is 8.23. The number of benzene rings is 2. The molecule has 0 aliphatic rings. The van der Waals surface area contributed by atoms with Crippen LogP contribution in [0.25, 0.3) is 0 Å². The molecule has 0 unspecified atom stereocenters. The van der Waals surface area contributed by atoms with E-state index in [0.29, 0.717) is 0 Å². The second-order valence-corrected chi connectivity index (χ2v) is 7.63. The van der Waals surface area contributed by atoms with E-state index in [1.54, 1.807) is 0 Å². The van der Waals surface area contributed by atoms with Crippen molar-refractivity contribution in [3.05, 3.63) is 56.6 Å². The molecule has 0 radical (unpaired) electrons. The molecule has 0 aliphatic heterocycles. The van der Waals surface area contributed by atoms with Crippen LogP contribution in [0.3, 0.4) is 0 Å². The van der Waals surface area contributed by atoms with Crippen molar-refractivity contribution in [1.29, 1.82) is 0 Å². The molecule has 29 heavy (non-hydrogen) atoms. The third-order valence-corrected chi connectivity index (χ3v) is 5.56. The maximum absolute atomic E-state index is 12.9. The maximum atomic E-state index is 12.9. The van der Waals surface area contributed by atoms with Crippen molar-refractivity contribution in [3.63, 3.8) is 0 Å². The Balaban J connectivity index is 2.52. The quantitative estimate of drug-likeness (QED) is 0.317. The van der Waals surface area contributed by atoms with Crippen LogP contribution in [0.15, 0.2) is 46.2 Å². The van der Waals surface area contributed by atoms with Crippen molar-refractivity contribution in [2.75, 3.05) is 36.9 Å². The molecule has 13 heteroatoms. The molecular weight excluding hydrogens is 408 g/mol. The van der Waals surface area contributed by atoms with Crippen LogP contribution in [0.5, 0.6) is 0 Å². The van der Waals surface area contributed by atoms with Gasteiger partial charge in [0.05, 0.1) is 32.9 Å². The summed E-state index contributed by atoms with van der Waals surface area (Å²) in [5, 5.41) is 45.4. The zero-order valence-electron chi connectivity index (χ0n) is 14.9. The van der Waals surface area contributed by atoms with Gasteiger partial charge in [-0.15, -0.1) is 0 Å². The molecule has 4 N–H and O–H groups in total. The molecule has 0 aliphatic carbocycles. The Kier molecular flexibility index (Phi) is 7.03. The molecule has 0 bridgehead atoms. The molecular formula is C16H18N4O8S. The van der Waals surface area contributed by atoms with Gasteiger partial charge in [0.25, 0.3) is 11.4 Å². The van der Waals surface area contributed by atoms with Gasteiger partial charge in [-0.1, -0.05) is 0 Å². The first-order chi connectivity index (χ1) is 13.7. The number of nitro benzene ring substituents is 2. The number of aliphatic hydroxyl groups is 2. The van der Waals surface area contributed by atoms with Gasteiger partial charge in [0.2, 0.25) is 9.84 Å². The molecule has 0 saturated carbocycles. The van der Waals surface area contributed by atoms with E-state index >= 15 is 0 Å². The number of anilines is 2. The van der Waals surface area contributed by atoms with Gasteiger partial charge >= 0.3 is 0 Å². The zero-order chi connectivity index (χ0) is 21.6. The van der Waals surface area contributed by atoms with E-state index in [4.69, 9.17) is 10.2 Å². The highest BCUT2D eigenvalue weighted by Crippen LogP contribution is 2.33. The Morgan fingerprint density at radius 1 is 0.793 bits per heavy atom. The van der Waals surface area contributed by atoms with Crippen molar-refractivity contribution in [1.82, 2.24) is 0 Å². The first-order valence-corrected chi connectivity index (χ1v) is 9.72. The highest BCUT2D eigenvalue weighted by molar-refractivity contribution is 7.91. The fourth-order valence-electron chi connectivity index (χ4n) is 2.48. The standard InChI is InChI=1S/C16H18N4O8S/c21-7-5-17-13-3-1-11(9-15(13)19(23)24)29(27,28)12-2-4-14(18-6-8-22)16(10-12)20(25)26/h1-4,9-10,17-18,21-22H,5-8H2. The van der Waals surface area contributed by atoms with E-state index in [2.05, 4.69) is 10.6 Å². The number of sulfone groups is 1. The van der Waals surface area contributed by atoms with Gasteiger partial charge < -0.3 is 20.8 Å². The predicted molar refractivity (Wildman–Crippen MR) is 103 cm³/mol. The SMILES string of the molecule is O=[N+]([O-])c1cc(S(=O)(=O)c2ccc(NCCO)c([N+](=O)[O-])c2)ccc1NCCO. The van der Waals surface area contributed by atoms with Crippen molar-refractivity contribution >= 4 is 32.6 Å². The molecule has 2 rings (SSSR count). The van der Waals surface area contributed by atoms with E-state index in [1.165, 1.54) is 12.1 Å². The lowest BCUT2D eigenvalue weighted by atomic mass is 10.2. The third-order valence-electron chi connectivity index (χ3n) is 3.81. The van der Waals surface area contributed by atoms with E-state index in [1.807, 2.05) is 0 Å². The lowest BCUT2D eigenvalue weighted by molar-refractivity contribution is -0.384. The van der Waals surface area contributed by atoms with Crippen molar-refractivity contribution in [3.8, 4) is 0 Å². The van der Waals surface area contributed by atoms with Crippen LogP contribution in [0, 0.1) is 20.2 Å². The normalized spacial score (nSPS) is 11.1. The molecule has 0 saturated heterocycles. The molecule has 0 atom stereocenters. The van der Waals surface area contributed by atoms with Crippen LogP contribution >= 0.6 is 0 Å². The molecule has 0 amide bonds. The zero-order valence-corrected chi connectivity index (χ0v) is 15.8. The fourth-order valence-corrected chi connectivity index (χ4v) is 3.78. The van der Waals surface area contributed by atoms with Crippen LogP contribution < -0.4 is 10.6 Å². The topological polar surface area (TPSA) is 185 Å². The summed E-state index contributed by atoms with van der Waals surface area (Å²) in [6, 6.07) is 6.33. The van der Waals surface area contributed by atoms with Crippen LogP contribution in [0.1, 0.15) is 0 Å². The van der Waals surface area contributed by atoms with Gasteiger partial charge in [-0.25, -0.2) is 8.42 Å². The largest absolute Gasteiger partial charge is 0.395 e. The number of aliphatic hydroxyl groups excluding tert-OH is 2. The minimum atomic E-state index is -4.29. The molecule has 2 aromatic rings. The number of nitrogens with zero attached hydrogens (tertiary/aromatic N) is 2. The number of hydrogen-bond acceptors (Lipinski definition) is 10. The van der Waals surface area contributed by atoms with Gasteiger partial charge in [-0.2, -0.15) is 0 Å². The van der Waals surface area contributed by atoms with Crippen LogP contribution in [-0.2, 0) is 9.84 Å². The maximum Gasteiger partial charge on any atom is 0.293 e. The van der Waals surface area contributed by atoms with Gasteiger partial charge in [-0.3, -0.25) is 20.2 Å². The Morgan fingerprint density at radius 3 is 1.48 bits per heavy atom. The van der Waals surface area contributed by atoms with E-state index in [-0.39, 0.29) is 37.7 Å². The van der Waals surface area contributed by atoms with E-state index in [0.717, 1.165) is 24.3 Å². The summed E-state index contributed by atoms with van der Waals surface area (Å²) in [5.41, 5.74) is -0.986. The molecule has 2 aromatic carbocycles. The molecule has 0 fully saturated rings. The van der Waals surface area contributed by atoms with Crippen LogP contribution in [0.2, 0.25) is 0 Å². The summed E-state index contributed by atoms with van der Waals surface area (Å²) in [5.74, 6) is 0. The highest BCUT2D eigenvalue weighted by Gasteiger charge is 2.26. The monoisotopic (exact) mass is 426 g/mol. The Bertz CT molecular complexity index is 950. The summed E-state index contributed by atoms with van der Waals surface area (Å²) >= 11 is 0. The average Bonchev–Trinajstić information content (AvgIpc) is 2.70. The van der Waals surface area contributed by atoms with Crippen molar-refractivity contribution in [2.45, 2.75) is 9.79 Å². The number of nitro groups is 2. The summed E-state index contributed by atoms with van der Waals surface area (Å²) in [6.45, 7) is -0.502. The molecule has 156 valence electrons. The summed E-state index contributed by atoms with van der Waals surface area (Å²) in [7, 11) is -4.29. The van der Waals surface area contributed by atoms with Crippen LogP contribution in [-0.4, -0.2) is 54.8 Å². The fraction of sp³-hybridized carbons (Fsp3) is 0.250. The van der Waals surface area contributed by atoms with Gasteiger partial charge in [0.15, 0.2) is 0 Å². The van der Waals surface area contributed by atoms with Gasteiger partial charge in [-0.05, 0) is 24.3 Å². The Labute approximate surface area is 165 Å².